The van der Waals surface area contributed by atoms with Gasteiger partial charge in [0.15, 0.2) is 0 Å². The van der Waals surface area contributed by atoms with Crippen molar-refractivity contribution in [3.8, 4) is 16.9 Å². The first kappa shape index (κ1) is 21.8. The molecular weight excluding hydrogens is 407 g/mol. The number of ether oxygens (including phenoxy) is 1. The van der Waals surface area contributed by atoms with Gasteiger partial charge in [-0.3, -0.25) is 20.2 Å². The van der Waals surface area contributed by atoms with Crippen molar-refractivity contribution in [2.24, 2.45) is 0 Å². The van der Waals surface area contributed by atoms with E-state index in [0.717, 1.165) is 11.1 Å². The van der Waals surface area contributed by atoms with Crippen molar-refractivity contribution in [1.82, 2.24) is 25.9 Å². The van der Waals surface area contributed by atoms with Crippen molar-refractivity contribution in [2.45, 2.75) is 25.4 Å². The Balaban J connectivity index is 1.79. The third-order valence-corrected chi connectivity index (χ3v) is 4.58. The summed E-state index contributed by atoms with van der Waals surface area (Å²) in [5, 5.41) is 27.4. The largest absolute Gasteiger partial charge is 0.496 e. The maximum atomic E-state index is 13.7. The van der Waals surface area contributed by atoms with Crippen LogP contribution in [0.15, 0.2) is 42.5 Å². The summed E-state index contributed by atoms with van der Waals surface area (Å²) >= 11 is 0. The number of rotatable bonds is 9. The molecule has 0 radical (unpaired) electrons. The Morgan fingerprint density at radius 2 is 1.97 bits per heavy atom. The minimum Gasteiger partial charge on any atom is -0.496 e. The maximum absolute atomic E-state index is 13.7. The molecule has 1 amide bonds. The number of nitrogens with zero attached hydrogens (tertiary/aromatic N) is 3. The Hall–Kier alpha value is -3.86. The Kier molecular flexibility index (Phi) is 6.88. The summed E-state index contributed by atoms with van der Waals surface area (Å²) in [7, 11) is 1.51. The summed E-state index contributed by atoms with van der Waals surface area (Å²) in [6.45, 7) is 1.44. The number of tetrazole rings is 1. The number of carboxylic acids is 1. The molecule has 3 rings (SSSR count). The van der Waals surface area contributed by atoms with Gasteiger partial charge in [-0.25, -0.2) is 4.39 Å². The van der Waals surface area contributed by atoms with Crippen LogP contribution < -0.4 is 15.4 Å². The molecule has 0 spiro atoms. The molecule has 4 N–H and O–H groups in total. The molecule has 0 unspecified atom stereocenters. The molecule has 3 aromatic rings. The third-order valence-electron chi connectivity index (χ3n) is 4.58. The Morgan fingerprint density at radius 1 is 1.23 bits per heavy atom. The van der Waals surface area contributed by atoms with Gasteiger partial charge in [0.05, 0.1) is 13.2 Å². The number of aromatic amines is 1. The van der Waals surface area contributed by atoms with Crippen molar-refractivity contribution in [3.05, 3.63) is 53.8 Å². The van der Waals surface area contributed by atoms with Crippen molar-refractivity contribution >= 4 is 17.8 Å². The van der Waals surface area contributed by atoms with Crippen LogP contribution in [0.3, 0.4) is 0 Å². The summed E-state index contributed by atoms with van der Waals surface area (Å²) in [5.74, 6) is -1.47. The van der Waals surface area contributed by atoms with E-state index in [2.05, 4.69) is 31.3 Å². The second-order valence-electron chi connectivity index (χ2n) is 6.75. The van der Waals surface area contributed by atoms with Gasteiger partial charge in [-0.15, -0.1) is 5.10 Å². The Labute approximate surface area is 176 Å². The van der Waals surface area contributed by atoms with Crippen LogP contribution in [0.5, 0.6) is 5.75 Å². The van der Waals surface area contributed by atoms with Gasteiger partial charge < -0.3 is 9.84 Å². The zero-order chi connectivity index (χ0) is 22.4. The highest BCUT2D eigenvalue weighted by molar-refractivity contribution is 5.94. The number of H-pyrrole nitrogens is 1. The number of nitrogens with one attached hydrogen (secondary N) is 3. The lowest BCUT2D eigenvalue weighted by atomic mass is 9.99. The van der Waals surface area contributed by atoms with Gasteiger partial charge in [0.2, 0.25) is 5.91 Å². The van der Waals surface area contributed by atoms with Crippen LogP contribution in [0, 0.1) is 5.82 Å². The van der Waals surface area contributed by atoms with Crippen LogP contribution in [0.25, 0.3) is 11.1 Å². The number of carboxylic acid groups (broad SMARTS) is 1. The number of aliphatic carboxylic acids is 1. The molecule has 1 heterocycles. The van der Waals surface area contributed by atoms with E-state index in [4.69, 9.17) is 4.74 Å². The van der Waals surface area contributed by atoms with E-state index in [-0.39, 0.29) is 18.2 Å². The van der Waals surface area contributed by atoms with Gasteiger partial charge in [0.1, 0.15) is 17.6 Å². The summed E-state index contributed by atoms with van der Waals surface area (Å²) in [6.07, 6.45) is 0.196. The zero-order valence-electron chi connectivity index (χ0n) is 16.8. The number of anilines is 1. The molecule has 10 nitrogen and oxygen atoms in total. The molecule has 0 bridgehead atoms. The second kappa shape index (κ2) is 9.76. The predicted octanol–water partition coefficient (Wildman–Crippen LogP) is 1.63. The molecule has 0 aliphatic heterocycles. The molecule has 0 aliphatic rings. The lowest BCUT2D eigenvalue weighted by Gasteiger charge is -2.20. The number of hydrogen-bond donors (Lipinski definition) is 4. The lowest BCUT2D eigenvalue weighted by molar-refractivity contribution is -0.139. The zero-order valence-corrected chi connectivity index (χ0v) is 16.8. The van der Waals surface area contributed by atoms with Gasteiger partial charge in [-0.2, -0.15) is 5.21 Å². The Bertz CT molecular complexity index is 1040. The van der Waals surface area contributed by atoms with Crippen LogP contribution in [0.1, 0.15) is 12.5 Å². The van der Waals surface area contributed by atoms with Crippen LogP contribution >= 0.6 is 0 Å². The quantitative estimate of drug-likeness (QED) is 0.403. The van der Waals surface area contributed by atoms with Crippen LogP contribution in [0.4, 0.5) is 10.3 Å². The second-order valence-corrected chi connectivity index (χ2v) is 6.75. The molecule has 0 saturated heterocycles. The highest BCUT2D eigenvalue weighted by Gasteiger charge is 2.24. The first-order valence-electron chi connectivity index (χ1n) is 9.33. The van der Waals surface area contributed by atoms with Crippen LogP contribution in [-0.4, -0.2) is 56.8 Å². The van der Waals surface area contributed by atoms with Crippen LogP contribution in [0.2, 0.25) is 0 Å². The Morgan fingerprint density at radius 3 is 2.58 bits per heavy atom. The number of aromatic nitrogens is 4. The molecule has 162 valence electrons. The normalized spacial score (nSPS) is 12.7. The molecule has 0 aliphatic carbocycles. The van der Waals surface area contributed by atoms with E-state index in [0.29, 0.717) is 11.3 Å². The fourth-order valence-corrected chi connectivity index (χ4v) is 2.97. The van der Waals surface area contributed by atoms with E-state index in [9.17, 15) is 19.1 Å². The summed E-state index contributed by atoms with van der Waals surface area (Å²) in [5.41, 5.74) is 2.09. The van der Waals surface area contributed by atoms with Gasteiger partial charge in [0.25, 0.3) is 5.95 Å². The average molecular weight is 428 g/mol. The van der Waals surface area contributed by atoms with Gasteiger partial charge in [-0.1, -0.05) is 29.4 Å². The van der Waals surface area contributed by atoms with Gasteiger partial charge in [-0.05, 0) is 47.9 Å². The molecule has 0 saturated carbocycles. The van der Waals surface area contributed by atoms with Crippen LogP contribution in [-0.2, 0) is 16.0 Å². The lowest BCUT2D eigenvalue weighted by Crippen LogP contribution is -2.49. The first-order chi connectivity index (χ1) is 14.9. The topological polar surface area (TPSA) is 142 Å². The number of halogens is 1. The van der Waals surface area contributed by atoms with E-state index in [1.807, 2.05) is 0 Å². The molecule has 0 fully saturated rings. The summed E-state index contributed by atoms with van der Waals surface area (Å²) in [6, 6.07) is 9.53. The molecule has 1 aromatic heterocycles. The van der Waals surface area contributed by atoms with Crippen molar-refractivity contribution in [3.63, 3.8) is 0 Å². The molecule has 11 heteroatoms. The standard InChI is InChI=1S/C20H21FN6O4/c1-11(19(29)30)22-16(18(28)23-20-24-26-27-25-20)9-12-3-5-13(6-4-12)15-10-14(21)7-8-17(15)31-2/h3-8,10-11,16,22H,9H2,1-2H3,(H,29,30)(H2,23,24,25,26,27,28)/t11-,16-/m0/s1. The number of benzene rings is 2. The summed E-state index contributed by atoms with van der Waals surface area (Å²) < 4.78 is 19.0. The first-order valence-corrected chi connectivity index (χ1v) is 9.33. The average Bonchev–Trinajstić information content (AvgIpc) is 3.26. The number of carbonyl (C=O) groups is 2. The van der Waals surface area contributed by atoms with E-state index in [1.54, 1.807) is 30.3 Å². The van der Waals surface area contributed by atoms with Crippen molar-refractivity contribution < 1.29 is 23.8 Å². The minimum absolute atomic E-state index is 0.0201. The monoisotopic (exact) mass is 428 g/mol. The molecule has 2 atom stereocenters. The highest BCUT2D eigenvalue weighted by atomic mass is 19.1. The van der Waals surface area contributed by atoms with Gasteiger partial charge in [0, 0.05) is 5.56 Å². The summed E-state index contributed by atoms with van der Waals surface area (Å²) in [4.78, 5) is 23.9. The SMILES string of the molecule is COc1ccc(F)cc1-c1ccc(C[C@H](N[C@@H](C)C(=O)O)C(=O)Nc2nn[nH]n2)cc1. The number of methoxy groups -OCH3 is 1. The fourth-order valence-electron chi connectivity index (χ4n) is 2.97. The highest BCUT2D eigenvalue weighted by Crippen LogP contribution is 2.30. The van der Waals surface area contributed by atoms with E-state index in [1.165, 1.54) is 26.2 Å². The fraction of sp³-hybridized carbons (Fsp3) is 0.250. The molecule has 31 heavy (non-hydrogen) atoms. The van der Waals surface area contributed by atoms with E-state index >= 15 is 0 Å². The number of hydrogen-bond acceptors (Lipinski definition) is 7. The van der Waals surface area contributed by atoms with Crippen molar-refractivity contribution in [1.29, 1.82) is 0 Å². The van der Waals surface area contributed by atoms with Crippen molar-refractivity contribution in [2.75, 3.05) is 12.4 Å². The smallest absolute Gasteiger partial charge is 0.320 e. The van der Waals surface area contributed by atoms with E-state index < -0.39 is 24.0 Å². The third kappa shape index (κ3) is 5.60. The minimum atomic E-state index is -1.09. The number of amides is 1. The molecule has 2 aromatic carbocycles. The maximum Gasteiger partial charge on any atom is 0.320 e. The van der Waals surface area contributed by atoms with Gasteiger partial charge >= 0.3 is 5.97 Å². The molecular formula is C20H21FN6O4. The predicted molar refractivity (Wildman–Crippen MR) is 109 cm³/mol. The number of carbonyl (C=O) groups excluding carboxylic acids is 1.